The average molecular weight is 242 g/mol. The molecule has 16 heavy (non-hydrogen) atoms. The average Bonchev–Trinajstić information content (AvgIpc) is 2.51. The van der Waals surface area contributed by atoms with Crippen molar-refractivity contribution in [3.8, 4) is 6.07 Å². The van der Waals surface area contributed by atoms with Crippen LogP contribution >= 0.6 is 11.6 Å². The summed E-state index contributed by atoms with van der Waals surface area (Å²) in [4.78, 5) is 0. The SMILES string of the molecule is CC(C)Cc1nn(CCC#N)c(Cl)c1CO. The smallest absolute Gasteiger partial charge is 0.132 e. The summed E-state index contributed by atoms with van der Waals surface area (Å²) in [5.41, 5.74) is 1.52. The highest BCUT2D eigenvalue weighted by molar-refractivity contribution is 6.30. The Morgan fingerprint density at radius 3 is 2.75 bits per heavy atom. The molecule has 5 heteroatoms. The van der Waals surface area contributed by atoms with Gasteiger partial charge in [0.1, 0.15) is 5.15 Å². The van der Waals surface area contributed by atoms with Crippen molar-refractivity contribution in [2.75, 3.05) is 0 Å². The number of aliphatic hydroxyl groups is 1. The maximum absolute atomic E-state index is 9.25. The highest BCUT2D eigenvalue weighted by Gasteiger charge is 2.15. The monoisotopic (exact) mass is 241 g/mol. The molecule has 0 spiro atoms. The van der Waals surface area contributed by atoms with Crippen LogP contribution in [0.15, 0.2) is 0 Å². The minimum atomic E-state index is -0.104. The maximum Gasteiger partial charge on any atom is 0.132 e. The molecule has 0 radical (unpaired) electrons. The van der Waals surface area contributed by atoms with E-state index in [-0.39, 0.29) is 6.61 Å². The summed E-state index contributed by atoms with van der Waals surface area (Å²) in [5, 5.41) is 22.5. The Balaban J connectivity index is 2.96. The second-order valence-electron chi connectivity index (χ2n) is 4.10. The number of rotatable bonds is 5. The quantitative estimate of drug-likeness (QED) is 0.859. The Hall–Kier alpha value is -1.05. The highest BCUT2D eigenvalue weighted by atomic mass is 35.5. The Morgan fingerprint density at radius 1 is 1.56 bits per heavy atom. The zero-order chi connectivity index (χ0) is 12.1. The van der Waals surface area contributed by atoms with Crippen molar-refractivity contribution in [1.82, 2.24) is 9.78 Å². The standard InChI is InChI=1S/C11H16ClN3O/c1-8(2)6-10-9(7-16)11(12)15(14-10)5-3-4-13/h8,16H,3,5-7H2,1-2H3. The van der Waals surface area contributed by atoms with Crippen molar-refractivity contribution < 1.29 is 5.11 Å². The minimum Gasteiger partial charge on any atom is -0.391 e. The van der Waals surface area contributed by atoms with E-state index in [1.54, 1.807) is 4.68 Å². The number of halogens is 1. The van der Waals surface area contributed by atoms with Gasteiger partial charge in [0, 0.05) is 5.56 Å². The molecule has 0 aliphatic rings. The van der Waals surface area contributed by atoms with Gasteiger partial charge < -0.3 is 5.11 Å². The third-order valence-corrected chi connectivity index (χ3v) is 2.68. The Kier molecular flexibility index (Phi) is 4.78. The molecule has 1 heterocycles. The molecule has 0 amide bonds. The van der Waals surface area contributed by atoms with E-state index in [0.717, 1.165) is 12.1 Å². The van der Waals surface area contributed by atoms with Crippen LogP contribution in [0.1, 0.15) is 31.5 Å². The van der Waals surface area contributed by atoms with Crippen molar-refractivity contribution in [1.29, 1.82) is 5.26 Å². The summed E-state index contributed by atoms with van der Waals surface area (Å²) in [6.07, 6.45) is 1.16. The number of nitrogens with zero attached hydrogens (tertiary/aromatic N) is 3. The number of aryl methyl sites for hydroxylation is 1. The van der Waals surface area contributed by atoms with Gasteiger partial charge in [-0.15, -0.1) is 0 Å². The fourth-order valence-corrected chi connectivity index (χ4v) is 1.83. The second-order valence-corrected chi connectivity index (χ2v) is 4.46. The van der Waals surface area contributed by atoms with Gasteiger partial charge in [-0.2, -0.15) is 10.4 Å². The van der Waals surface area contributed by atoms with E-state index in [9.17, 15) is 5.11 Å². The molecule has 0 saturated heterocycles. The van der Waals surface area contributed by atoms with Crippen molar-refractivity contribution in [3.05, 3.63) is 16.4 Å². The lowest BCUT2D eigenvalue weighted by atomic mass is 10.1. The summed E-state index contributed by atoms with van der Waals surface area (Å²) < 4.78 is 1.59. The Labute approximate surface area is 100 Å². The van der Waals surface area contributed by atoms with Crippen LogP contribution in [0, 0.1) is 17.2 Å². The lowest BCUT2D eigenvalue weighted by molar-refractivity contribution is 0.280. The minimum absolute atomic E-state index is 0.104. The van der Waals surface area contributed by atoms with Gasteiger partial charge in [-0.25, -0.2) is 0 Å². The Bertz CT molecular complexity index is 393. The van der Waals surface area contributed by atoms with Crippen LogP contribution in [0.3, 0.4) is 0 Å². The van der Waals surface area contributed by atoms with Crippen molar-refractivity contribution in [2.24, 2.45) is 5.92 Å². The molecule has 1 rings (SSSR count). The van der Waals surface area contributed by atoms with Crippen LogP contribution in [0.25, 0.3) is 0 Å². The fraction of sp³-hybridized carbons (Fsp3) is 0.636. The number of aromatic nitrogens is 2. The number of nitriles is 1. The van der Waals surface area contributed by atoms with Crippen LogP contribution in [-0.4, -0.2) is 14.9 Å². The first-order chi connectivity index (χ1) is 7.60. The number of aliphatic hydroxyl groups excluding tert-OH is 1. The summed E-state index contributed by atoms with van der Waals surface area (Å²) in [6.45, 7) is 4.54. The van der Waals surface area contributed by atoms with Gasteiger partial charge >= 0.3 is 0 Å². The number of hydrogen-bond donors (Lipinski definition) is 1. The summed E-state index contributed by atoms with van der Waals surface area (Å²) in [5.74, 6) is 0.459. The summed E-state index contributed by atoms with van der Waals surface area (Å²) >= 11 is 6.08. The maximum atomic E-state index is 9.25. The van der Waals surface area contributed by atoms with Gasteiger partial charge in [-0.1, -0.05) is 25.4 Å². The molecule has 1 aromatic heterocycles. The first-order valence-electron chi connectivity index (χ1n) is 5.32. The first-order valence-corrected chi connectivity index (χ1v) is 5.69. The molecule has 0 saturated carbocycles. The van der Waals surface area contributed by atoms with E-state index in [1.165, 1.54) is 0 Å². The fourth-order valence-electron chi connectivity index (χ4n) is 1.54. The van der Waals surface area contributed by atoms with E-state index in [0.29, 0.717) is 29.6 Å². The topological polar surface area (TPSA) is 61.8 Å². The molecule has 0 fully saturated rings. The van der Waals surface area contributed by atoms with E-state index in [2.05, 4.69) is 18.9 Å². The first kappa shape index (κ1) is 13.0. The van der Waals surface area contributed by atoms with Crippen LogP contribution in [-0.2, 0) is 19.6 Å². The van der Waals surface area contributed by atoms with E-state index < -0.39 is 0 Å². The molecule has 0 bridgehead atoms. The van der Waals surface area contributed by atoms with Gasteiger partial charge in [0.2, 0.25) is 0 Å². The molecule has 0 unspecified atom stereocenters. The van der Waals surface area contributed by atoms with E-state index >= 15 is 0 Å². The van der Waals surface area contributed by atoms with Crippen molar-refractivity contribution >= 4 is 11.6 Å². The second kappa shape index (κ2) is 5.88. The molecule has 0 atom stereocenters. The lowest BCUT2D eigenvalue weighted by Gasteiger charge is -2.02. The van der Waals surface area contributed by atoms with Gasteiger partial charge in [-0.05, 0) is 12.3 Å². The molecule has 0 aromatic carbocycles. The van der Waals surface area contributed by atoms with Crippen LogP contribution in [0.4, 0.5) is 0 Å². The lowest BCUT2D eigenvalue weighted by Crippen LogP contribution is -2.01. The Morgan fingerprint density at radius 2 is 2.25 bits per heavy atom. The third-order valence-electron chi connectivity index (χ3n) is 2.26. The molecule has 1 aromatic rings. The summed E-state index contributed by atoms with van der Waals surface area (Å²) in [7, 11) is 0. The van der Waals surface area contributed by atoms with E-state index in [4.69, 9.17) is 16.9 Å². The van der Waals surface area contributed by atoms with Gasteiger partial charge in [-0.3, -0.25) is 4.68 Å². The normalized spacial score (nSPS) is 10.8. The predicted molar refractivity (Wildman–Crippen MR) is 61.9 cm³/mol. The van der Waals surface area contributed by atoms with Crippen molar-refractivity contribution in [3.63, 3.8) is 0 Å². The molecule has 0 aliphatic carbocycles. The summed E-state index contributed by atoms with van der Waals surface area (Å²) in [6, 6.07) is 2.05. The zero-order valence-electron chi connectivity index (χ0n) is 9.57. The highest BCUT2D eigenvalue weighted by Crippen LogP contribution is 2.22. The van der Waals surface area contributed by atoms with Crippen molar-refractivity contribution in [2.45, 2.75) is 39.8 Å². The molecular formula is C11H16ClN3O. The molecule has 88 valence electrons. The largest absolute Gasteiger partial charge is 0.391 e. The third kappa shape index (κ3) is 2.97. The van der Waals surface area contributed by atoms with Gasteiger partial charge in [0.15, 0.2) is 0 Å². The van der Waals surface area contributed by atoms with E-state index in [1.807, 2.05) is 6.07 Å². The molecule has 0 aliphatic heterocycles. The van der Waals surface area contributed by atoms with Gasteiger partial charge in [0.25, 0.3) is 0 Å². The molecule has 4 nitrogen and oxygen atoms in total. The predicted octanol–water partition coefficient (Wildman–Crippen LogP) is 2.14. The van der Waals surface area contributed by atoms with Crippen LogP contribution < -0.4 is 0 Å². The van der Waals surface area contributed by atoms with Crippen LogP contribution in [0.5, 0.6) is 0 Å². The van der Waals surface area contributed by atoms with Crippen LogP contribution in [0.2, 0.25) is 5.15 Å². The molecule has 1 N–H and O–H groups in total. The molecular weight excluding hydrogens is 226 g/mol. The number of hydrogen-bond acceptors (Lipinski definition) is 3. The van der Waals surface area contributed by atoms with Gasteiger partial charge in [0.05, 0.1) is 31.3 Å². The zero-order valence-corrected chi connectivity index (χ0v) is 10.3.